The van der Waals surface area contributed by atoms with Crippen LogP contribution in [-0.2, 0) is 6.54 Å². The Bertz CT molecular complexity index is 871. The molecular formula is C22H27N3O2. The Morgan fingerprint density at radius 1 is 1.26 bits per heavy atom. The second-order valence-electron chi connectivity index (χ2n) is 7.18. The SMILES string of the molecule is CCC[C@@H]1C=CCN1Cc1ccc(C(=O)Nc2c(C)cc(=O)[nH]c2C)cc1. The van der Waals surface area contributed by atoms with Crippen LogP contribution in [0.1, 0.15) is 46.9 Å². The predicted octanol–water partition coefficient (Wildman–Crippen LogP) is 3.78. The summed E-state index contributed by atoms with van der Waals surface area (Å²) in [5.74, 6) is -0.175. The van der Waals surface area contributed by atoms with Crippen LogP contribution in [0.5, 0.6) is 0 Å². The normalized spacial score (nSPS) is 16.6. The molecule has 2 N–H and O–H groups in total. The second-order valence-corrected chi connectivity index (χ2v) is 7.18. The van der Waals surface area contributed by atoms with Crippen molar-refractivity contribution in [2.75, 3.05) is 11.9 Å². The molecule has 2 heterocycles. The summed E-state index contributed by atoms with van der Waals surface area (Å²) in [6.07, 6.45) is 6.88. The van der Waals surface area contributed by atoms with E-state index in [4.69, 9.17) is 0 Å². The summed E-state index contributed by atoms with van der Waals surface area (Å²) in [6.45, 7) is 7.68. The van der Waals surface area contributed by atoms with Gasteiger partial charge in [0.25, 0.3) is 5.91 Å². The number of benzene rings is 1. The summed E-state index contributed by atoms with van der Waals surface area (Å²) in [6, 6.07) is 9.76. The van der Waals surface area contributed by atoms with Gasteiger partial charge in [0.05, 0.1) is 5.69 Å². The molecule has 1 aliphatic rings. The van der Waals surface area contributed by atoms with Gasteiger partial charge >= 0.3 is 0 Å². The Hall–Kier alpha value is -2.66. The standard InChI is InChI=1S/C22H27N3O2/c1-4-6-19-7-5-12-25(19)14-17-8-10-18(11-9-17)22(27)24-21-15(2)13-20(26)23-16(21)3/h5,7-11,13,19H,4,6,12,14H2,1-3H3,(H,23,26)(H,24,27)/t19-/m1/s1. The van der Waals surface area contributed by atoms with E-state index in [1.54, 1.807) is 6.92 Å². The molecule has 3 rings (SSSR count). The molecule has 1 aromatic carbocycles. The van der Waals surface area contributed by atoms with E-state index in [2.05, 4.69) is 34.3 Å². The number of rotatable bonds is 6. The third kappa shape index (κ3) is 4.55. The van der Waals surface area contributed by atoms with E-state index in [0.717, 1.165) is 18.7 Å². The monoisotopic (exact) mass is 365 g/mol. The summed E-state index contributed by atoms with van der Waals surface area (Å²) >= 11 is 0. The smallest absolute Gasteiger partial charge is 0.255 e. The van der Waals surface area contributed by atoms with Gasteiger partial charge in [0.15, 0.2) is 0 Å². The second kappa shape index (κ2) is 8.35. The first kappa shape index (κ1) is 19.1. The molecule has 1 aromatic heterocycles. The van der Waals surface area contributed by atoms with E-state index in [1.165, 1.54) is 24.5 Å². The van der Waals surface area contributed by atoms with Gasteiger partial charge in [-0.1, -0.05) is 37.6 Å². The Kier molecular flexibility index (Phi) is 5.91. The van der Waals surface area contributed by atoms with Gasteiger partial charge in [-0.25, -0.2) is 0 Å². The fourth-order valence-electron chi connectivity index (χ4n) is 3.59. The van der Waals surface area contributed by atoms with Gasteiger partial charge in [-0.2, -0.15) is 0 Å². The lowest BCUT2D eigenvalue weighted by Crippen LogP contribution is -2.29. The molecule has 0 bridgehead atoms. The van der Waals surface area contributed by atoms with Crippen LogP contribution in [0, 0.1) is 13.8 Å². The molecule has 0 aliphatic carbocycles. The number of nitrogens with zero attached hydrogens (tertiary/aromatic N) is 1. The van der Waals surface area contributed by atoms with Crippen molar-refractivity contribution in [3.8, 4) is 0 Å². The average Bonchev–Trinajstić information content (AvgIpc) is 3.06. The summed E-state index contributed by atoms with van der Waals surface area (Å²) in [4.78, 5) is 29.2. The molecule has 5 nitrogen and oxygen atoms in total. The lowest BCUT2D eigenvalue weighted by Gasteiger charge is -2.24. The highest BCUT2D eigenvalue weighted by Crippen LogP contribution is 2.20. The lowest BCUT2D eigenvalue weighted by atomic mass is 10.1. The Morgan fingerprint density at radius 2 is 2.00 bits per heavy atom. The first-order valence-electron chi connectivity index (χ1n) is 9.49. The molecule has 0 fully saturated rings. The molecule has 1 amide bonds. The number of H-pyrrole nitrogens is 1. The molecule has 0 unspecified atom stereocenters. The van der Waals surface area contributed by atoms with Crippen LogP contribution in [0.4, 0.5) is 5.69 Å². The summed E-state index contributed by atoms with van der Waals surface area (Å²) in [5.41, 5.74) is 3.72. The maximum Gasteiger partial charge on any atom is 0.255 e. The quantitative estimate of drug-likeness (QED) is 0.766. The number of hydrogen-bond donors (Lipinski definition) is 2. The zero-order valence-electron chi connectivity index (χ0n) is 16.2. The summed E-state index contributed by atoms with van der Waals surface area (Å²) in [7, 11) is 0. The lowest BCUT2D eigenvalue weighted by molar-refractivity contribution is 0.102. The fraction of sp³-hybridized carbons (Fsp3) is 0.364. The predicted molar refractivity (Wildman–Crippen MR) is 109 cm³/mol. The van der Waals surface area contributed by atoms with Gasteiger partial charge < -0.3 is 10.3 Å². The number of pyridine rings is 1. The minimum Gasteiger partial charge on any atom is -0.324 e. The molecule has 1 atom stereocenters. The largest absolute Gasteiger partial charge is 0.324 e. The highest BCUT2D eigenvalue weighted by atomic mass is 16.1. The Morgan fingerprint density at radius 3 is 2.67 bits per heavy atom. The van der Waals surface area contributed by atoms with Crippen LogP contribution in [0.15, 0.2) is 47.3 Å². The minimum atomic E-state index is -0.175. The molecule has 0 saturated heterocycles. The van der Waals surface area contributed by atoms with Crippen LogP contribution >= 0.6 is 0 Å². The van der Waals surface area contributed by atoms with Gasteiger partial charge in [-0.3, -0.25) is 14.5 Å². The van der Waals surface area contributed by atoms with Crippen LogP contribution in [0.25, 0.3) is 0 Å². The van der Waals surface area contributed by atoms with Crippen molar-refractivity contribution in [2.24, 2.45) is 0 Å². The third-order valence-corrected chi connectivity index (χ3v) is 5.02. The van der Waals surface area contributed by atoms with Crippen molar-refractivity contribution >= 4 is 11.6 Å². The number of amides is 1. The summed E-state index contributed by atoms with van der Waals surface area (Å²) < 4.78 is 0. The Balaban J connectivity index is 1.67. The number of anilines is 1. The van der Waals surface area contributed by atoms with Crippen molar-refractivity contribution in [2.45, 2.75) is 46.2 Å². The van der Waals surface area contributed by atoms with Gasteiger partial charge in [0.2, 0.25) is 5.56 Å². The van der Waals surface area contributed by atoms with E-state index in [9.17, 15) is 9.59 Å². The van der Waals surface area contributed by atoms with E-state index in [-0.39, 0.29) is 11.5 Å². The van der Waals surface area contributed by atoms with E-state index >= 15 is 0 Å². The molecule has 5 heteroatoms. The van der Waals surface area contributed by atoms with E-state index < -0.39 is 0 Å². The number of carbonyl (C=O) groups excluding carboxylic acids is 1. The van der Waals surface area contributed by atoms with Crippen LogP contribution in [0.3, 0.4) is 0 Å². The number of aryl methyl sites for hydroxylation is 2. The highest BCUT2D eigenvalue weighted by molar-refractivity contribution is 6.04. The molecule has 0 spiro atoms. The zero-order chi connectivity index (χ0) is 19.4. The van der Waals surface area contributed by atoms with Crippen LogP contribution < -0.4 is 10.9 Å². The maximum absolute atomic E-state index is 12.6. The zero-order valence-corrected chi connectivity index (χ0v) is 16.2. The van der Waals surface area contributed by atoms with Gasteiger partial charge in [-0.15, -0.1) is 0 Å². The Labute approximate surface area is 160 Å². The molecule has 142 valence electrons. The minimum absolute atomic E-state index is 0.162. The van der Waals surface area contributed by atoms with Crippen LogP contribution in [0.2, 0.25) is 0 Å². The fourth-order valence-corrected chi connectivity index (χ4v) is 3.59. The first-order valence-corrected chi connectivity index (χ1v) is 9.49. The average molecular weight is 365 g/mol. The molecule has 1 aliphatic heterocycles. The molecular weight excluding hydrogens is 338 g/mol. The topological polar surface area (TPSA) is 65.2 Å². The number of nitrogens with one attached hydrogen (secondary N) is 2. The summed E-state index contributed by atoms with van der Waals surface area (Å²) in [5, 5.41) is 2.91. The van der Waals surface area contributed by atoms with Gasteiger partial charge in [0.1, 0.15) is 0 Å². The van der Waals surface area contributed by atoms with Crippen LogP contribution in [-0.4, -0.2) is 28.4 Å². The van der Waals surface area contributed by atoms with Crippen molar-refractivity contribution in [3.63, 3.8) is 0 Å². The molecule has 27 heavy (non-hydrogen) atoms. The maximum atomic E-state index is 12.6. The molecule has 0 saturated carbocycles. The van der Waals surface area contributed by atoms with Gasteiger partial charge in [0, 0.05) is 36.5 Å². The number of carbonyl (C=O) groups is 1. The van der Waals surface area contributed by atoms with E-state index in [0.29, 0.717) is 23.0 Å². The third-order valence-electron chi connectivity index (χ3n) is 5.02. The van der Waals surface area contributed by atoms with Crippen molar-refractivity contribution in [3.05, 3.63) is 75.2 Å². The molecule has 2 aromatic rings. The van der Waals surface area contributed by atoms with Crippen molar-refractivity contribution < 1.29 is 4.79 Å². The molecule has 0 radical (unpaired) electrons. The highest BCUT2D eigenvalue weighted by Gasteiger charge is 2.19. The van der Waals surface area contributed by atoms with Gasteiger partial charge in [-0.05, 0) is 43.5 Å². The number of hydrogen-bond acceptors (Lipinski definition) is 3. The number of aromatic nitrogens is 1. The van der Waals surface area contributed by atoms with Crippen molar-refractivity contribution in [1.82, 2.24) is 9.88 Å². The number of aromatic amines is 1. The van der Waals surface area contributed by atoms with Crippen molar-refractivity contribution in [1.29, 1.82) is 0 Å². The van der Waals surface area contributed by atoms with E-state index in [1.807, 2.05) is 31.2 Å². The first-order chi connectivity index (χ1) is 13.0.